The van der Waals surface area contributed by atoms with Gasteiger partial charge in [-0.3, -0.25) is 9.59 Å². The largest absolute Gasteiger partial charge is 0.480 e. The van der Waals surface area contributed by atoms with Gasteiger partial charge in [0.1, 0.15) is 12.1 Å². The molecule has 2 atom stereocenters. The highest BCUT2D eigenvalue weighted by Gasteiger charge is 2.34. The number of rotatable bonds is 4. The Kier molecular flexibility index (Phi) is 5.75. The van der Waals surface area contributed by atoms with Crippen LogP contribution in [0, 0.1) is 0 Å². The van der Waals surface area contributed by atoms with Gasteiger partial charge in [0.2, 0.25) is 5.91 Å². The Morgan fingerprint density at radius 3 is 2.45 bits per heavy atom. The van der Waals surface area contributed by atoms with Gasteiger partial charge in [-0.1, -0.05) is 0 Å². The molecule has 3 N–H and O–H groups in total. The quantitative estimate of drug-likeness (QED) is 0.639. The number of aliphatic carboxylic acids is 1. The summed E-state index contributed by atoms with van der Waals surface area (Å²) in [6, 6.07) is -2.38. The van der Waals surface area contributed by atoms with Crippen LogP contribution in [0.4, 0.5) is 4.79 Å². The molecule has 1 heterocycles. The molecule has 0 spiro atoms. The van der Waals surface area contributed by atoms with E-state index in [-0.39, 0.29) is 25.1 Å². The van der Waals surface area contributed by atoms with Gasteiger partial charge in [-0.05, 0) is 20.8 Å². The first-order valence-electron chi connectivity index (χ1n) is 6.51. The van der Waals surface area contributed by atoms with E-state index >= 15 is 0 Å². The molecule has 1 fully saturated rings. The van der Waals surface area contributed by atoms with Crippen LogP contribution in [0.3, 0.4) is 0 Å². The van der Waals surface area contributed by atoms with Crippen molar-refractivity contribution in [1.82, 2.24) is 15.5 Å². The summed E-state index contributed by atoms with van der Waals surface area (Å²) in [6.45, 7) is 5.67. The van der Waals surface area contributed by atoms with E-state index in [1.807, 2.05) is 13.8 Å². The third kappa shape index (κ3) is 4.37. The lowest BCUT2D eigenvalue weighted by molar-refractivity contribution is -0.138. The molecule has 0 radical (unpaired) electrons. The molecule has 0 aliphatic carbocycles. The van der Waals surface area contributed by atoms with Crippen molar-refractivity contribution in [3.63, 3.8) is 0 Å². The standard InChI is InChI=1S/C12H21N3O5/c1-7(2)13-10(16)9-6-20-5-4-15(9)12(19)14-8(3)11(17)18/h7-9H,4-6H2,1-3H3,(H,13,16)(H,14,19)(H,17,18). The summed E-state index contributed by atoms with van der Waals surface area (Å²) in [4.78, 5) is 36.1. The van der Waals surface area contributed by atoms with E-state index in [2.05, 4.69) is 10.6 Å². The van der Waals surface area contributed by atoms with Crippen LogP contribution in [0.1, 0.15) is 20.8 Å². The molecule has 114 valence electrons. The van der Waals surface area contributed by atoms with Crippen LogP contribution in [0.15, 0.2) is 0 Å². The minimum Gasteiger partial charge on any atom is -0.480 e. The molecule has 0 aromatic carbocycles. The predicted octanol–water partition coefficient (Wildman–Crippen LogP) is -0.605. The van der Waals surface area contributed by atoms with Crippen molar-refractivity contribution in [3.05, 3.63) is 0 Å². The molecule has 0 aromatic heterocycles. The maximum Gasteiger partial charge on any atom is 0.325 e. The number of morpholine rings is 1. The summed E-state index contributed by atoms with van der Waals surface area (Å²) in [7, 11) is 0. The van der Waals surface area contributed by atoms with Crippen molar-refractivity contribution in [3.8, 4) is 0 Å². The summed E-state index contributed by atoms with van der Waals surface area (Å²) in [5.74, 6) is -1.44. The van der Waals surface area contributed by atoms with E-state index in [1.165, 1.54) is 11.8 Å². The maximum absolute atomic E-state index is 12.0. The number of carbonyl (C=O) groups excluding carboxylic acids is 2. The molecule has 8 nitrogen and oxygen atoms in total. The molecule has 1 aliphatic heterocycles. The molecule has 0 aromatic rings. The second-order valence-electron chi connectivity index (χ2n) is 4.96. The average molecular weight is 287 g/mol. The van der Waals surface area contributed by atoms with Crippen molar-refractivity contribution in [2.24, 2.45) is 0 Å². The minimum absolute atomic E-state index is 0.0488. The number of amides is 3. The van der Waals surface area contributed by atoms with Crippen LogP contribution in [-0.4, -0.2) is 65.8 Å². The van der Waals surface area contributed by atoms with Crippen molar-refractivity contribution in [2.75, 3.05) is 19.8 Å². The number of nitrogens with zero attached hydrogens (tertiary/aromatic N) is 1. The molecular weight excluding hydrogens is 266 g/mol. The number of ether oxygens (including phenoxy) is 1. The van der Waals surface area contributed by atoms with Gasteiger partial charge in [0.05, 0.1) is 13.2 Å². The summed E-state index contributed by atoms with van der Waals surface area (Å²) in [6.07, 6.45) is 0. The van der Waals surface area contributed by atoms with Crippen LogP contribution in [-0.2, 0) is 14.3 Å². The SMILES string of the molecule is CC(C)NC(=O)C1COCCN1C(=O)NC(C)C(=O)O. The van der Waals surface area contributed by atoms with Crippen LogP contribution in [0.2, 0.25) is 0 Å². The first-order chi connectivity index (χ1) is 9.32. The highest BCUT2D eigenvalue weighted by molar-refractivity contribution is 5.89. The summed E-state index contributed by atoms with van der Waals surface area (Å²) >= 11 is 0. The van der Waals surface area contributed by atoms with Crippen LogP contribution in [0.5, 0.6) is 0 Å². The van der Waals surface area contributed by atoms with Gasteiger partial charge >= 0.3 is 12.0 Å². The summed E-state index contributed by atoms with van der Waals surface area (Å²) in [5, 5.41) is 13.8. The van der Waals surface area contributed by atoms with E-state index < -0.39 is 24.1 Å². The number of hydrogen-bond acceptors (Lipinski definition) is 4. The van der Waals surface area contributed by atoms with Gasteiger partial charge in [-0.2, -0.15) is 0 Å². The fourth-order valence-electron chi connectivity index (χ4n) is 1.77. The molecule has 0 bridgehead atoms. The van der Waals surface area contributed by atoms with Gasteiger partial charge in [-0.25, -0.2) is 4.79 Å². The first-order valence-corrected chi connectivity index (χ1v) is 6.51. The zero-order valence-corrected chi connectivity index (χ0v) is 11.9. The third-order valence-electron chi connectivity index (χ3n) is 2.83. The summed E-state index contributed by atoms with van der Waals surface area (Å²) < 4.78 is 5.22. The number of urea groups is 1. The monoisotopic (exact) mass is 287 g/mol. The van der Waals surface area contributed by atoms with Crippen molar-refractivity contribution in [2.45, 2.75) is 38.9 Å². The Labute approximate surface area is 117 Å². The van der Waals surface area contributed by atoms with Gasteiger partial charge in [-0.15, -0.1) is 0 Å². The van der Waals surface area contributed by atoms with Gasteiger partial charge in [0.15, 0.2) is 0 Å². The highest BCUT2D eigenvalue weighted by atomic mass is 16.5. The average Bonchev–Trinajstić information content (AvgIpc) is 2.37. The third-order valence-corrected chi connectivity index (χ3v) is 2.83. The molecule has 1 aliphatic rings. The molecule has 3 amide bonds. The van der Waals surface area contributed by atoms with Crippen molar-refractivity contribution >= 4 is 17.9 Å². The molecule has 2 unspecified atom stereocenters. The Hall–Kier alpha value is -1.83. The van der Waals surface area contributed by atoms with Crippen LogP contribution >= 0.6 is 0 Å². The molecule has 8 heteroatoms. The second kappa shape index (κ2) is 7.09. The Morgan fingerprint density at radius 1 is 1.25 bits per heavy atom. The normalized spacial score (nSPS) is 20.4. The Balaban J connectivity index is 2.70. The number of carbonyl (C=O) groups is 3. The lowest BCUT2D eigenvalue weighted by Gasteiger charge is -2.35. The topological polar surface area (TPSA) is 108 Å². The Bertz CT molecular complexity index is 385. The lowest BCUT2D eigenvalue weighted by Crippen LogP contribution is -2.60. The molecular formula is C12H21N3O5. The number of hydrogen-bond donors (Lipinski definition) is 3. The molecule has 20 heavy (non-hydrogen) atoms. The second-order valence-corrected chi connectivity index (χ2v) is 4.96. The fourth-order valence-corrected chi connectivity index (χ4v) is 1.77. The van der Waals surface area contributed by atoms with E-state index in [0.717, 1.165) is 0 Å². The smallest absolute Gasteiger partial charge is 0.325 e. The van der Waals surface area contributed by atoms with E-state index in [9.17, 15) is 14.4 Å². The van der Waals surface area contributed by atoms with Crippen molar-refractivity contribution < 1.29 is 24.2 Å². The number of carboxylic acids is 1. The lowest BCUT2D eigenvalue weighted by atomic mass is 10.2. The Morgan fingerprint density at radius 2 is 1.90 bits per heavy atom. The van der Waals surface area contributed by atoms with Gasteiger partial charge < -0.3 is 25.4 Å². The zero-order valence-electron chi connectivity index (χ0n) is 11.9. The summed E-state index contributed by atoms with van der Waals surface area (Å²) in [5.41, 5.74) is 0. The molecule has 1 rings (SSSR count). The zero-order chi connectivity index (χ0) is 15.3. The van der Waals surface area contributed by atoms with Gasteiger partial charge in [0.25, 0.3) is 0 Å². The van der Waals surface area contributed by atoms with Crippen LogP contribution < -0.4 is 10.6 Å². The minimum atomic E-state index is -1.13. The van der Waals surface area contributed by atoms with E-state index in [0.29, 0.717) is 6.61 Å². The number of nitrogens with one attached hydrogen (secondary N) is 2. The highest BCUT2D eigenvalue weighted by Crippen LogP contribution is 2.08. The maximum atomic E-state index is 12.0. The number of carboxylic acid groups (broad SMARTS) is 1. The van der Waals surface area contributed by atoms with Crippen molar-refractivity contribution in [1.29, 1.82) is 0 Å². The predicted molar refractivity (Wildman–Crippen MR) is 70.2 cm³/mol. The fraction of sp³-hybridized carbons (Fsp3) is 0.750. The molecule has 1 saturated heterocycles. The molecule has 0 saturated carbocycles. The van der Waals surface area contributed by atoms with E-state index in [1.54, 1.807) is 0 Å². The van der Waals surface area contributed by atoms with E-state index in [4.69, 9.17) is 9.84 Å². The first kappa shape index (κ1) is 16.2. The van der Waals surface area contributed by atoms with Gasteiger partial charge in [0, 0.05) is 12.6 Å². The van der Waals surface area contributed by atoms with Crippen LogP contribution in [0.25, 0.3) is 0 Å².